The molecule has 1 aliphatic rings. The van der Waals surface area contributed by atoms with Crippen molar-refractivity contribution in [2.75, 3.05) is 13.7 Å². The predicted molar refractivity (Wildman–Crippen MR) is 70.4 cm³/mol. The van der Waals surface area contributed by atoms with Gasteiger partial charge >= 0.3 is 5.97 Å². The minimum absolute atomic E-state index is 0.135. The largest absolute Gasteiger partial charge is 0.465 e. The van der Waals surface area contributed by atoms with Crippen LogP contribution >= 0.6 is 0 Å². The highest BCUT2D eigenvalue weighted by molar-refractivity contribution is 7.89. The number of hydrogen-bond donors (Lipinski definition) is 1. The van der Waals surface area contributed by atoms with Crippen LogP contribution in [0.3, 0.4) is 0 Å². The average Bonchev–Trinajstić information content (AvgIpc) is 3.20. The quantitative estimate of drug-likeness (QED) is 0.831. The first-order valence-electron chi connectivity index (χ1n) is 6.12. The lowest BCUT2D eigenvalue weighted by atomic mass is 10.1. The van der Waals surface area contributed by atoms with Crippen LogP contribution in [-0.4, -0.2) is 28.0 Å². The number of hydrogen-bond acceptors (Lipinski definition) is 4. The fraction of sp³-hybridized carbons (Fsp3) is 0.462. The molecule has 1 aliphatic carbocycles. The Labute approximate surface area is 113 Å². The zero-order valence-electron chi connectivity index (χ0n) is 11.0. The third-order valence-corrected chi connectivity index (χ3v) is 4.72. The molecule has 2 rings (SSSR count). The van der Waals surface area contributed by atoms with Crippen molar-refractivity contribution in [3.05, 3.63) is 29.3 Å². The van der Waals surface area contributed by atoms with E-state index in [0.29, 0.717) is 18.0 Å². The summed E-state index contributed by atoms with van der Waals surface area (Å²) in [4.78, 5) is 11.6. The Kier molecular flexibility index (Phi) is 3.91. The molecule has 1 aromatic rings. The summed E-state index contributed by atoms with van der Waals surface area (Å²) in [6.45, 7) is 2.16. The highest BCUT2D eigenvalue weighted by Gasteiger charge is 2.25. The van der Waals surface area contributed by atoms with E-state index in [1.165, 1.54) is 13.2 Å². The number of carbonyl (C=O) groups excluding carboxylic acids is 1. The zero-order valence-corrected chi connectivity index (χ0v) is 11.8. The van der Waals surface area contributed by atoms with Gasteiger partial charge in [-0.25, -0.2) is 17.9 Å². The summed E-state index contributed by atoms with van der Waals surface area (Å²) in [5.74, 6) is -0.0856. The summed E-state index contributed by atoms with van der Waals surface area (Å²) in [5, 5.41) is 0. The number of benzene rings is 1. The van der Waals surface area contributed by atoms with E-state index in [0.717, 1.165) is 12.8 Å². The van der Waals surface area contributed by atoms with Gasteiger partial charge in [-0.15, -0.1) is 0 Å². The van der Waals surface area contributed by atoms with Gasteiger partial charge in [-0.05, 0) is 43.4 Å². The van der Waals surface area contributed by atoms with E-state index in [1.807, 2.05) is 0 Å². The molecule has 0 unspecified atom stereocenters. The minimum atomic E-state index is -3.57. The number of aryl methyl sites for hydroxylation is 1. The molecule has 0 bridgehead atoms. The molecular weight excluding hydrogens is 266 g/mol. The summed E-state index contributed by atoms with van der Waals surface area (Å²) in [6, 6.07) is 4.52. The second-order valence-electron chi connectivity index (χ2n) is 4.77. The van der Waals surface area contributed by atoms with E-state index in [-0.39, 0.29) is 10.5 Å². The van der Waals surface area contributed by atoms with E-state index in [4.69, 9.17) is 0 Å². The first-order valence-corrected chi connectivity index (χ1v) is 7.61. The Morgan fingerprint density at radius 3 is 2.68 bits per heavy atom. The van der Waals surface area contributed by atoms with Gasteiger partial charge in [-0.3, -0.25) is 0 Å². The lowest BCUT2D eigenvalue weighted by Crippen LogP contribution is -2.26. The standard InChI is InChI=1S/C13H17NO4S/c1-9-3-6-11(13(15)18-2)7-12(9)19(16,17)14-8-10-4-5-10/h3,6-7,10,14H,4-5,8H2,1-2H3. The third kappa shape index (κ3) is 3.33. The van der Waals surface area contributed by atoms with Gasteiger partial charge in [-0.2, -0.15) is 0 Å². The van der Waals surface area contributed by atoms with Crippen LogP contribution in [-0.2, 0) is 14.8 Å². The van der Waals surface area contributed by atoms with Crippen molar-refractivity contribution in [3.8, 4) is 0 Å². The molecule has 104 valence electrons. The Morgan fingerprint density at radius 2 is 2.11 bits per heavy atom. The van der Waals surface area contributed by atoms with E-state index >= 15 is 0 Å². The maximum Gasteiger partial charge on any atom is 0.337 e. The van der Waals surface area contributed by atoms with Gasteiger partial charge < -0.3 is 4.74 Å². The Hall–Kier alpha value is -1.40. The number of nitrogens with one attached hydrogen (secondary N) is 1. The fourth-order valence-corrected chi connectivity index (χ4v) is 3.15. The van der Waals surface area contributed by atoms with E-state index in [2.05, 4.69) is 9.46 Å². The lowest BCUT2D eigenvalue weighted by Gasteiger charge is -2.10. The maximum absolute atomic E-state index is 12.2. The van der Waals surface area contributed by atoms with Crippen LogP contribution in [0.15, 0.2) is 23.1 Å². The average molecular weight is 283 g/mol. The number of ether oxygens (including phenoxy) is 1. The van der Waals surface area contributed by atoms with Crippen molar-refractivity contribution >= 4 is 16.0 Å². The van der Waals surface area contributed by atoms with Crippen molar-refractivity contribution < 1.29 is 17.9 Å². The van der Waals surface area contributed by atoms with Gasteiger partial charge in [-0.1, -0.05) is 6.07 Å². The minimum Gasteiger partial charge on any atom is -0.465 e. The van der Waals surface area contributed by atoms with Crippen LogP contribution in [0.2, 0.25) is 0 Å². The predicted octanol–water partition coefficient (Wildman–Crippen LogP) is 1.47. The van der Waals surface area contributed by atoms with Crippen molar-refractivity contribution in [1.29, 1.82) is 0 Å². The maximum atomic E-state index is 12.2. The third-order valence-electron chi connectivity index (χ3n) is 3.16. The second-order valence-corrected chi connectivity index (χ2v) is 6.50. The monoisotopic (exact) mass is 283 g/mol. The number of methoxy groups -OCH3 is 1. The number of esters is 1. The molecule has 6 heteroatoms. The molecule has 0 amide bonds. The van der Waals surface area contributed by atoms with Crippen LogP contribution in [0.5, 0.6) is 0 Å². The highest BCUT2D eigenvalue weighted by atomic mass is 32.2. The molecule has 0 atom stereocenters. The molecule has 0 saturated heterocycles. The summed E-state index contributed by atoms with van der Waals surface area (Å²) in [5.41, 5.74) is 0.843. The molecule has 1 fully saturated rings. The van der Waals surface area contributed by atoms with Crippen LogP contribution in [0.25, 0.3) is 0 Å². The topological polar surface area (TPSA) is 72.5 Å². The van der Waals surface area contributed by atoms with Crippen molar-refractivity contribution in [1.82, 2.24) is 4.72 Å². The summed E-state index contributed by atoms with van der Waals surface area (Å²) < 4.78 is 31.6. The van der Waals surface area contributed by atoms with Crippen LogP contribution in [0.4, 0.5) is 0 Å². The summed E-state index contributed by atoms with van der Waals surface area (Å²) >= 11 is 0. The first-order chi connectivity index (χ1) is 8.94. The normalized spacial score (nSPS) is 15.3. The fourth-order valence-electron chi connectivity index (χ4n) is 1.76. The van der Waals surface area contributed by atoms with Crippen LogP contribution < -0.4 is 4.72 Å². The van der Waals surface area contributed by atoms with Gasteiger partial charge in [0.1, 0.15) is 0 Å². The molecule has 5 nitrogen and oxygen atoms in total. The van der Waals surface area contributed by atoms with Gasteiger partial charge in [0.05, 0.1) is 17.6 Å². The van der Waals surface area contributed by atoms with E-state index < -0.39 is 16.0 Å². The van der Waals surface area contributed by atoms with E-state index in [1.54, 1.807) is 19.1 Å². The molecule has 0 spiro atoms. The smallest absolute Gasteiger partial charge is 0.337 e. The Morgan fingerprint density at radius 1 is 1.42 bits per heavy atom. The van der Waals surface area contributed by atoms with E-state index in [9.17, 15) is 13.2 Å². The molecule has 0 radical (unpaired) electrons. The van der Waals surface area contributed by atoms with Crippen LogP contribution in [0.1, 0.15) is 28.8 Å². The molecular formula is C13H17NO4S. The van der Waals surface area contributed by atoms with Crippen molar-refractivity contribution in [3.63, 3.8) is 0 Å². The zero-order chi connectivity index (χ0) is 14.0. The van der Waals surface area contributed by atoms with Crippen molar-refractivity contribution in [2.45, 2.75) is 24.7 Å². The van der Waals surface area contributed by atoms with Gasteiger partial charge in [0.15, 0.2) is 0 Å². The molecule has 19 heavy (non-hydrogen) atoms. The first kappa shape index (κ1) is 14.0. The summed E-state index contributed by atoms with van der Waals surface area (Å²) in [7, 11) is -2.30. The second kappa shape index (κ2) is 5.30. The molecule has 0 aromatic heterocycles. The lowest BCUT2D eigenvalue weighted by molar-refractivity contribution is 0.0600. The molecule has 0 heterocycles. The summed E-state index contributed by atoms with van der Waals surface area (Å²) in [6.07, 6.45) is 2.15. The van der Waals surface area contributed by atoms with Gasteiger partial charge in [0, 0.05) is 6.54 Å². The van der Waals surface area contributed by atoms with Crippen molar-refractivity contribution in [2.24, 2.45) is 5.92 Å². The Bertz CT molecular complexity index is 591. The van der Waals surface area contributed by atoms with Gasteiger partial charge in [0.25, 0.3) is 0 Å². The molecule has 1 N–H and O–H groups in total. The number of carbonyl (C=O) groups is 1. The highest BCUT2D eigenvalue weighted by Crippen LogP contribution is 2.28. The number of sulfonamides is 1. The number of rotatable bonds is 5. The molecule has 1 aromatic carbocycles. The SMILES string of the molecule is COC(=O)c1ccc(C)c(S(=O)(=O)NCC2CC2)c1. The van der Waals surface area contributed by atoms with Crippen LogP contribution in [0, 0.1) is 12.8 Å². The molecule has 1 saturated carbocycles. The Balaban J connectivity index is 2.28. The van der Waals surface area contributed by atoms with Gasteiger partial charge in [0.2, 0.25) is 10.0 Å². The molecule has 0 aliphatic heterocycles.